The summed E-state index contributed by atoms with van der Waals surface area (Å²) in [5, 5.41) is 5.67. The largest absolute Gasteiger partial charge is 0.337 e. The maximum absolute atomic E-state index is 12.5. The Labute approximate surface area is 162 Å². The fourth-order valence-electron chi connectivity index (χ4n) is 3.13. The summed E-state index contributed by atoms with van der Waals surface area (Å²) >= 11 is 0. The predicted octanol–water partition coefficient (Wildman–Crippen LogP) is 2.42. The van der Waals surface area contributed by atoms with Crippen molar-refractivity contribution in [3.63, 3.8) is 0 Å². The number of hydrogen-bond acceptors (Lipinski definition) is 3. The number of carbonyl (C=O) groups excluding carboxylic acids is 2. The van der Waals surface area contributed by atoms with Gasteiger partial charge in [-0.15, -0.1) is 12.4 Å². The molecule has 1 fully saturated rings. The maximum Gasteiger partial charge on any atom is 0.315 e. The van der Waals surface area contributed by atoms with E-state index in [2.05, 4.69) is 10.6 Å². The number of benzene rings is 1. The molecule has 0 saturated heterocycles. The van der Waals surface area contributed by atoms with Crippen LogP contribution in [0.25, 0.3) is 0 Å². The van der Waals surface area contributed by atoms with Gasteiger partial charge in [0.05, 0.1) is 6.54 Å². The van der Waals surface area contributed by atoms with Crippen LogP contribution in [0.4, 0.5) is 4.79 Å². The monoisotopic (exact) mass is 382 g/mol. The van der Waals surface area contributed by atoms with Gasteiger partial charge in [-0.25, -0.2) is 4.79 Å². The molecule has 26 heavy (non-hydrogen) atoms. The van der Waals surface area contributed by atoms with Crippen molar-refractivity contribution in [1.29, 1.82) is 0 Å². The van der Waals surface area contributed by atoms with Crippen LogP contribution in [-0.4, -0.2) is 42.5 Å². The quantitative estimate of drug-likeness (QED) is 0.645. The van der Waals surface area contributed by atoms with E-state index in [0.29, 0.717) is 19.6 Å². The Hall–Kier alpha value is -1.79. The van der Waals surface area contributed by atoms with Crippen LogP contribution in [0.3, 0.4) is 0 Å². The molecule has 0 radical (unpaired) electrons. The van der Waals surface area contributed by atoms with Crippen molar-refractivity contribution in [2.75, 3.05) is 19.6 Å². The van der Waals surface area contributed by atoms with Gasteiger partial charge in [0.15, 0.2) is 0 Å². The van der Waals surface area contributed by atoms with Crippen LogP contribution in [-0.2, 0) is 11.3 Å². The second-order valence-corrected chi connectivity index (χ2v) is 6.61. The highest BCUT2D eigenvalue weighted by molar-refractivity contribution is 5.85. The summed E-state index contributed by atoms with van der Waals surface area (Å²) in [6, 6.07) is 9.83. The molecule has 0 heterocycles. The first-order valence-electron chi connectivity index (χ1n) is 9.25. The van der Waals surface area contributed by atoms with Crippen LogP contribution in [0.1, 0.15) is 44.1 Å². The summed E-state index contributed by atoms with van der Waals surface area (Å²) in [7, 11) is 0. The van der Waals surface area contributed by atoms with Gasteiger partial charge in [0.2, 0.25) is 5.91 Å². The third kappa shape index (κ3) is 8.06. The minimum atomic E-state index is -0.251. The third-order valence-electron chi connectivity index (χ3n) is 4.54. The molecule has 7 heteroatoms. The molecular weight excluding hydrogens is 352 g/mol. The SMILES string of the molecule is Cl.NCCCN(Cc1ccccc1)C(=O)CNC(=O)NC1CCCCC1. The number of hydrogen-bond donors (Lipinski definition) is 3. The van der Waals surface area contributed by atoms with Gasteiger partial charge >= 0.3 is 6.03 Å². The third-order valence-corrected chi connectivity index (χ3v) is 4.54. The number of nitrogens with one attached hydrogen (secondary N) is 2. The summed E-state index contributed by atoms with van der Waals surface area (Å²) in [6.07, 6.45) is 6.36. The van der Waals surface area contributed by atoms with Gasteiger partial charge in [0.25, 0.3) is 0 Å². The van der Waals surface area contributed by atoms with E-state index >= 15 is 0 Å². The van der Waals surface area contributed by atoms with Crippen molar-refractivity contribution in [2.24, 2.45) is 5.73 Å². The van der Waals surface area contributed by atoms with Crippen molar-refractivity contribution in [1.82, 2.24) is 15.5 Å². The molecule has 1 aliphatic carbocycles. The van der Waals surface area contributed by atoms with Gasteiger partial charge < -0.3 is 21.3 Å². The van der Waals surface area contributed by atoms with E-state index < -0.39 is 0 Å². The van der Waals surface area contributed by atoms with Gasteiger partial charge in [-0.2, -0.15) is 0 Å². The zero-order valence-corrected chi connectivity index (χ0v) is 16.1. The Morgan fingerprint density at radius 1 is 1.12 bits per heavy atom. The minimum absolute atomic E-state index is 0. The van der Waals surface area contributed by atoms with Crippen LogP contribution in [0, 0.1) is 0 Å². The van der Waals surface area contributed by atoms with Crippen LogP contribution < -0.4 is 16.4 Å². The van der Waals surface area contributed by atoms with Crippen LogP contribution >= 0.6 is 12.4 Å². The molecule has 0 unspecified atom stereocenters. The minimum Gasteiger partial charge on any atom is -0.337 e. The van der Waals surface area contributed by atoms with Gasteiger partial charge in [-0.1, -0.05) is 49.6 Å². The number of urea groups is 1. The van der Waals surface area contributed by atoms with Crippen molar-refractivity contribution in [3.05, 3.63) is 35.9 Å². The van der Waals surface area contributed by atoms with E-state index in [4.69, 9.17) is 5.73 Å². The molecule has 0 spiro atoms. The normalized spacial score (nSPS) is 14.2. The Bertz CT molecular complexity index is 536. The number of carbonyl (C=O) groups is 2. The highest BCUT2D eigenvalue weighted by atomic mass is 35.5. The average molecular weight is 383 g/mol. The zero-order valence-electron chi connectivity index (χ0n) is 15.3. The molecule has 2 rings (SSSR count). The van der Waals surface area contributed by atoms with Gasteiger partial charge in [-0.05, 0) is 31.4 Å². The van der Waals surface area contributed by atoms with Crippen LogP contribution in [0.2, 0.25) is 0 Å². The molecule has 4 N–H and O–H groups in total. The van der Waals surface area contributed by atoms with E-state index in [9.17, 15) is 9.59 Å². The van der Waals surface area contributed by atoms with Crippen molar-refractivity contribution < 1.29 is 9.59 Å². The standard InChI is InChI=1S/C19H30N4O2.ClH/c20-12-7-13-23(15-16-8-3-1-4-9-16)18(24)14-21-19(25)22-17-10-5-2-6-11-17;/h1,3-4,8-9,17H,2,5-7,10-15,20H2,(H2,21,22,25);1H. The zero-order chi connectivity index (χ0) is 17.9. The highest BCUT2D eigenvalue weighted by Gasteiger charge is 2.18. The fourth-order valence-corrected chi connectivity index (χ4v) is 3.13. The summed E-state index contributed by atoms with van der Waals surface area (Å²) in [6.45, 7) is 1.67. The first-order chi connectivity index (χ1) is 12.2. The molecule has 3 amide bonds. The first kappa shape index (κ1) is 22.3. The van der Waals surface area contributed by atoms with Gasteiger partial charge in [-0.3, -0.25) is 4.79 Å². The number of halogens is 1. The molecule has 0 aromatic heterocycles. The Kier molecular flexibility index (Phi) is 10.7. The molecule has 0 bridgehead atoms. The van der Waals surface area contributed by atoms with Crippen molar-refractivity contribution in [3.8, 4) is 0 Å². The number of rotatable bonds is 8. The summed E-state index contributed by atoms with van der Waals surface area (Å²) in [4.78, 5) is 26.2. The summed E-state index contributed by atoms with van der Waals surface area (Å²) < 4.78 is 0. The number of nitrogens with two attached hydrogens (primary N) is 1. The Morgan fingerprint density at radius 2 is 1.81 bits per heavy atom. The average Bonchev–Trinajstić information content (AvgIpc) is 2.65. The van der Waals surface area contributed by atoms with E-state index in [0.717, 1.165) is 37.7 Å². The summed E-state index contributed by atoms with van der Waals surface area (Å²) in [5.74, 6) is -0.0869. The van der Waals surface area contributed by atoms with E-state index in [1.165, 1.54) is 6.42 Å². The lowest BCUT2D eigenvalue weighted by Gasteiger charge is -2.25. The molecular formula is C19H31ClN4O2. The van der Waals surface area contributed by atoms with Crippen LogP contribution in [0.15, 0.2) is 30.3 Å². The van der Waals surface area contributed by atoms with Gasteiger partial charge in [0, 0.05) is 19.1 Å². The first-order valence-corrected chi connectivity index (χ1v) is 9.25. The molecule has 1 saturated carbocycles. The summed E-state index contributed by atoms with van der Waals surface area (Å²) in [5.41, 5.74) is 6.65. The predicted molar refractivity (Wildman–Crippen MR) is 106 cm³/mol. The number of nitrogens with zero attached hydrogens (tertiary/aromatic N) is 1. The molecule has 6 nitrogen and oxygen atoms in total. The Morgan fingerprint density at radius 3 is 2.46 bits per heavy atom. The maximum atomic E-state index is 12.5. The van der Waals surface area contributed by atoms with Crippen LogP contribution in [0.5, 0.6) is 0 Å². The van der Waals surface area contributed by atoms with Crippen molar-refractivity contribution >= 4 is 24.3 Å². The topological polar surface area (TPSA) is 87.5 Å². The molecule has 0 atom stereocenters. The van der Waals surface area contributed by atoms with E-state index in [1.807, 2.05) is 30.3 Å². The Balaban J connectivity index is 0.00000338. The van der Waals surface area contributed by atoms with E-state index in [-0.39, 0.29) is 36.9 Å². The fraction of sp³-hybridized carbons (Fsp3) is 0.579. The number of amides is 3. The molecule has 1 aliphatic rings. The smallest absolute Gasteiger partial charge is 0.315 e. The highest BCUT2D eigenvalue weighted by Crippen LogP contribution is 2.17. The molecule has 1 aromatic carbocycles. The lowest BCUT2D eigenvalue weighted by molar-refractivity contribution is -0.130. The van der Waals surface area contributed by atoms with Gasteiger partial charge in [0.1, 0.15) is 0 Å². The lowest BCUT2D eigenvalue weighted by Crippen LogP contribution is -2.47. The van der Waals surface area contributed by atoms with E-state index in [1.54, 1.807) is 4.90 Å². The second kappa shape index (κ2) is 12.5. The molecule has 1 aromatic rings. The van der Waals surface area contributed by atoms with Crippen molar-refractivity contribution in [2.45, 2.75) is 51.1 Å². The second-order valence-electron chi connectivity index (χ2n) is 6.61. The lowest BCUT2D eigenvalue weighted by atomic mass is 9.96. The molecule has 146 valence electrons. The molecule has 0 aliphatic heterocycles.